The molecule has 0 bridgehead atoms. The van der Waals surface area contributed by atoms with Gasteiger partial charge in [0.1, 0.15) is 0 Å². The summed E-state index contributed by atoms with van der Waals surface area (Å²) in [7, 11) is 1.52. The van der Waals surface area contributed by atoms with Crippen LogP contribution in [0.4, 0.5) is 8.78 Å². The van der Waals surface area contributed by atoms with Gasteiger partial charge >= 0.3 is 0 Å². The fraction of sp³-hybridized carbons (Fsp3) is 0.875. The van der Waals surface area contributed by atoms with Gasteiger partial charge in [0.15, 0.2) is 0 Å². The number of methoxy groups -OCH3 is 1. The molecule has 0 aromatic rings. The predicted molar refractivity (Wildman–Crippen MR) is 50.9 cm³/mol. The van der Waals surface area contributed by atoms with Crippen molar-refractivity contribution in [3.05, 3.63) is 0 Å². The van der Waals surface area contributed by atoms with Crippen molar-refractivity contribution in [2.24, 2.45) is 5.73 Å². The lowest BCUT2D eigenvalue weighted by atomic mass is 10.3. The highest BCUT2D eigenvalue weighted by Crippen LogP contribution is 1.99. The molecule has 0 spiro atoms. The molecule has 0 aromatic heterocycles. The van der Waals surface area contributed by atoms with E-state index in [0.717, 1.165) is 0 Å². The van der Waals surface area contributed by atoms with E-state index in [1.54, 1.807) is 0 Å². The summed E-state index contributed by atoms with van der Waals surface area (Å²) < 4.78 is 28.9. The van der Waals surface area contributed by atoms with Crippen LogP contribution in [0.1, 0.15) is 6.42 Å². The number of nitrogens with two attached hydrogens (primary N) is 1. The summed E-state index contributed by atoms with van der Waals surface area (Å²) in [4.78, 5) is 1.54. The van der Waals surface area contributed by atoms with E-state index in [2.05, 4.69) is 0 Å². The summed E-state index contributed by atoms with van der Waals surface area (Å²) in [5, 5.41) is 6.98. The number of amidine groups is 1. The van der Waals surface area contributed by atoms with Crippen LogP contribution in [0.25, 0.3) is 0 Å². The molecule has 0 radical (unpaired) electrons. The second-order valence-corrected chi connectivity index (χ2v) is 2.96. The zero-order valence-electron chi connectivity index (χ0n) is 8.30. The molecule has 6 heteroatoms. The van der Waals surface area contributed by atoms with Gasteiger partial charge in [0, 0.05) is 26.6 Å². The van der Waals surface area contributed by atoms with Crippen LogP contribution >= 0.6 is 0 Å². The van der Waals surface area contributed by atoms with Crippen molar-refractivity contribution < 1.29 is 13.5 Å². The first-order valence-corrected chi connectivity index (χ1v) is 4.38. The van der Waals surface area contributed by atoms with Crippen molar-refractivity contribution in [1.29, 1.82) is 5.41 Å². The smallest absolute Gasteiger partial charge is 0.251 e. The zero-order valence-corrected chi connectivity index (χ0v) is 8.30. The third kappa shape index (κ3) is 7.88. The average molecular weight is 209 g/mol. The molecule has 0 saturated carbocycles. The van der Waals surface area contributed by atoms with E-state index in [-0.39, 0.29) is 12.4 Å². The van der Waals surface area contributed by atoms with E-state index in [1.165, 1.54) is 12.0 Å². The molecule has 0 unspecified atom stereocenters. The lowest BCUT2D eigenvalue weighted by molar-refractivity contribution is 0.0722. The van der Waals surface area contributed by atoms with Crippen molar-refractivity contribution in [3.63, 3.8) is 0 Å². The van der Waals surface area contributed by atoms with Crippen molar-refractivity contribution in [3.8, 4) is 0 Å². The third-order valence-corrected chi connectivity index (χ3v) is 1.71. The molecule has 0 aromatic carbocycles. The van der Waals surface area contributed by atoms with Gasteiger partial charge < -0.3 is 10.5 Å². The molecule has 4 nitrogen and oxygen atoms in total. The van der Waals surface area contributed by atoms with Crippen molar-refractivity contribution in [1.82, 2.24) is 4.90 Å². The zero-order chi connectivity index (χ0) is 11.0. The molecule has 0 amide bonds. The largest absolute Gasteiger partial charge is 0.388 e. The van der Waals surface area contributed by atoms with E-state index in [4.69, 9.17) is 15.9 Å². The van der Waals surface area contributed by atoms with Gasteiger partial charge in [-0.1, -0.05) is 0 Å². The molecule has 0 fully saturated rings. The van der Waals surface area contributed by atoms with Crippen molar-refractivity contribution in [2.45, 2.75) is 12.8 Å². The third-order valence-electron chi connectivity index (χ3n) is 1.71. The highest BCUT2D eigenvalue weighted by Gasteiger charge is 2.11. The summed E-state index contributed by atoms with van der Waals surface area (Å²) in [6.45, 7) is 0.929. The standard InChI is InChI=1S/C8H17F2N3O/c1-14-5-4-13(6-7(9)10)3-2-8(11)12/h7H,2-6H2,1H3,(H3,11,12). The fourth-order valence-electron chi connectivity index (χ4n) is 0.989. The molecule has 0 saturated heterocycles. The number of hydrogen-bond acceptors (Lipinski definition) is 3. The summed E-state index contributed by atoms with van der Waals surface area (Å²) in [6.07, 6.45) is -2.05. The summed E-state index contributed by atoms with van der Waals surface area (Å²) in [6, 6.07) is 0. The second-order valence-electron chi connectivity index (χ2n) is 2.96. The number of halogens is 2. The molecule has 0 aliphatic rings. The van der Waals surface area contributed by atoms with Crippen LogP contribution in [0, 0.1) is 5.41 Å². The Balaban J connectivity index is 3.77. The Bertz CT molecular complexity index is 167. The Morgan fingerprint density at radius 2 is 2.14 bits per heavy atom. The summed E-state index contributed by atoms with van der Waals surface area (Å²) >= 11 is 0. The van der Waals surface area contributed by atoms with Gasteiger partial charge in [0.25, 0.3) is 6.43 Å². The molecule has 0 aliphatic carbocycles. The van der Waals surface area contributed by atoms with E-state index in [0.29, 0.717) is 26.1 Å². The SMILES string of the molecule is COCCN(CCC(=N)N)CC(F)F. The van der Waals surface area contributed by atoms with E-state index in [9.17, 15) is 8.78 Å². The maximum absolute atomic E-state index is 12.1. The highest BCUT2D eigenvalue weighted by molar-refractivity contribution is 5.76. The lowest BCUT2D eigenvalue weighted by Gasteiger charge is -2.20. The van der Waals surface area contributed by atoms with Crippen LogP contribution in [0.5, 0.6) is 0 Å². The number of rotatable bonds is 8. The Morgan fingerprint density at radius 3 is 2.57 bits per heavy atom. The predicted octanol–water partition coefficient (Wildman–Crippen LogP) is 0.526. The Morgan fingerprint density at radius 1 is 1.50 bits per heavy atom. The molecule has 3 N–H and O–H groups in total. The molecule has 0 heterocycles. The van der Waals surface area contributed by atoms with E-state index in [1.807, 2.05) is 0 Å². The van der Waals surface area contributed by atoms with Gasteiger partial charge in [-0.15, -0.1) is 0 Å². The molecular formula is C8H17F2N3O. The first-order valence-electron chi connectivity index (χ1n) is 4.38. The minimum atomic E-state index is -2.36. The maximum atomic E-state index is 12.1. The number of nitrogens with zero attached hydrogens (tertiary/aromatic N) is 1. The minimum absolute atomic E-state index is 0.0154. The Kier molecular flexibility index (Phi) is 7.23. The number of nitrogens with one attached hydrogen (secondary N) is 1. The molecule has 0 rings (SSSR count). The minimum Gasteiger partial charge on any atom is -0.388 e. The van der Waals surface area contributed by atoms with Crippen LogP contribution in [0.15, 0.2) is 0 Å². The molecule has 0 atom stereocenters. The highest BCUT2D eigenvalue weighted by atomic mass is 19.3. The average Bonchev–Trinajstić information content (AvgIpc) is 2.09. The van der Waals surface area contributed by atoms with Crippen molar-refractivity contribution in [2.75, 3.05) is 33.4 Å². The second kappa shape index (κ2) is 7.64. The topological polar surface area (TPSA) is 62.3 Å². The molecule has 0 aliphatic heterocycles. The van der Waals surface area contributed by atoms with Crippen LogP contribution in [-0.4, -0.2) is 50.5 Å². The normalized spacial score (nSPS) is 11.2. The maximum Gasteiger partial charge on any atom is 0.251 e. The molecular weight excluding hydrogens is 192 g/mol. The van der Waals surface area contributed by atoms with E-state index >= 15 is 0 Å². The first kappa shape index (κ1) is 13.2. The number of hydrogen-bond donors (Lipinski definition) is 2. The Hall–Kier alpha value is -0.750. The van der Waals surface area contributed by atoms with Crippen molar-refractivity contribution >= 4 is 5.84 Å². The molecule has 84 valence electrons. The fourth-order valence-corrected chi connectivity index (χ4v) is 0.989. The van der Waals surface area contributed by atoms with Crippen LogP contribution in [0.2, 0.25) is 0 Å². The van der Waals surface area contributed by atoms with Gasteiger partial charge in [-0.05, 0) is 0 Å². The Labute approximate surface area is 82.5 Å². The lowest BCUT2D eigenvalue weighted by Crippen LogP contribution is -2.34. The first-order chi connectivity index (χ1) is 6.56. The molecule has 14 heavy (non-hydrogen) atoms. The number of ether oxygens (including phenoxy) is 1. The summed E-state index contributed by atoms with van der Waals surface area (Å²) in [5.41, 5.74) is 5.14. The quantitative estimate of drug-likeness (QED) is 0.452. The van der Waals surface area contributed by atoms with E-state index < -0.39 is 6.43 Å². The number of alkyl halides is 2. The van der Waals surface area contributed by atoms with Gasteiger partial charge in [0.05, 0.1) is 19.0 Å². The van der Waals surface area contributed by atoms with Gasteiger partial charge in [-0.3, -0.25) is 10.3 Å². The van der Waals surface area contributed by atoms with Gasteiger partial charge in [-0.2, -0.15) is 0 Å². The summed E-state index contributed by atoms with van der Waals surface area (Å²) in [5.74, 6) is 0.0154. The monoisotopic (exact) mass is 209 g/mol. The van der Waals surface area contributed by atoms with Crippen LogP contribution in [-0.2, 0) is 4.74 Å². The van der Waals surface area contributed by atoms with Crippen LogP contribution < -0.4 is 5.73 Å². The van der Waals surface area contributed by atoms with Crippen LogP contribution in [0.3, 0.4) is 0 Å². The van der Waals surface area contributed by atoms with Gasteiger partial charge in [-0.25, -0.2) is 8.78 Å². The van der Waals surface area contributed by atoms with Gasteiger partial charge in [0.2, 0.25) is 0 Å².